The van der Waals surface area contributed by atoms with Crippen molar-refractivity contribution in [1.29, 1.82) is 0 Å². The van der Waals surface area contributed by atoms with Gasteiger partial charge in [-0.05, 0) is 25.3 Å². The van der Waals surface area contributed by atoms with Gasteiger partial charge in [-0.3, -0.25) is 0 Å². The van der Waals surface area contributed by atoms with Crippen molar-refractivity contribution in [2.45, 2.75) is 39.7 Å². The van der Waals surface area contributed by atoms with Crippen LogP contribution in [0.3, 0.4) is 0 Å². The van der Waals surface area contributed by atoms with Gasteiger partial charge in [0.1, 0.15) is 0 Å². The van der Waals surface area contributed by atoms with Crippen LogP contribution in [0.2, 0.25) is 0 Å². The summed E-state index contributed by atoms with van der Waals surface area (Å²) in [7, 11) is 1.74. The Balaban J connectivity index is 0.000000561. The highest BCUT2D eigenvalue weighted by atomic mass is 16.5. The van der Waals surface area contributed by atoms with Gasteiger partial charge in [0.15, 0.2) is 0 Å². The van der Waals surface area contributed by atoms with E-state index in [0.29, 0.717) is 0 Å². The molecule has 0 aromatic heterocycles. The summed E-state index contributed by atoms with van der Waals surface area (Å²) in [6.45, 7) is 6.07. The zero-order chi connectivity index (χ0) is 9.40. The van der Waals surface area contributed by atoms with Gasteiger partial charge in [-0.1, -0.05) is 32.1 Å². The summed E-state index contributed by atoms with van der Waals surface area (Å²) in [6, 6.07) is 0. The molecular weight excluding hydrogens is 148 g/mol. The zero-order valence-electron chi connectivity index (χ0n) is 8.63. The molecule has 0 saturated heterocycles. The molecule has 70 valence electrons. The summed E-state index contributed by atoms with van der Waals surface area (Å²) in [5.74, 6) is 0. The van der Waals surface area contributed by atoms with Gasteiger partial charge in [0.25, 0.3) is 0 Å². The Morgan fingerprint density at radius 1 is 1.33 bits per heavy atom. The van der Waals surface area contributed by atoms with Crippen LogP contribution in [-0.2, 0) is 4.74 Å². The van der Waals surface area contributed by atoms with Gasteiger partial charge in [-0.15, -0.1) is 0 Å². The number of hydrogen-bond donors (Lipinski definition) is 0. The van der Waals surface area contributed by atoms with Crippen LogP contribution >= 0.6 is 0 Å². The molecule has 0 N–H and O–H groups in total. The monoisotopic (exact) mass is 168 g/mol. The summed E-state index contributed by atoms with van der Waals surface area (Å²) in [5, 5.41) is 0. The van der Waals surface area contributed by atoms with E-state index in [1.54, 1.807) is 7.11 Å². The molecular formula is C11H20O. The molecule has 0 heterocycles. The number of methoxy groups -OCH3 is 1. The maximum absolute atomic E-state index is 5.17. The Morgan fingerprint density at radius 3 is 2.42 bits per heavy atom. The fourth-order valence-electron chi connectivity index (χ4n) is 1.07. The Hall–Kier alpha value is -0.560. The standard InChI is InChI=1S/C9H14O.C2H6/c1-8(10-2)9-6-4-3-5-7-9;1-2/h4,6-8H,3,5H2,1-2H3;1-2H3. The first-order chi connectivity index (χ1) is 5.84. The van der Waals surface area contributed by atoms with Gasteiger partial charge in [0.05, 0.1) is 6.10 Å². The quantitative estimate of drug-likeness (QED) is 0.614. The second-order valence-corrected chi connectivity index (χ2v) is 2.56. The lowest BCUT2D eigenvalue weighted by atomic mass is 10.0. The van der Waals surface area contributed by atoms with E-state index in [1.807, 2.05) is 13.8 Å². The summed E-state index contributed by atoms with van der Waals surface area (Å²) < 4.78 is 5.17. The Morgan fingerprint density at radius 2 is 2.00 bits per heavy atom. The van der Waals surface area contributed by atoms with Crippen molar-refractivity contribution in [3.63, 3.8) is 0 Å². The molecule has 0 fully saturated rings. The van der Waals surface area contributed by atoms with Crippen LogP contribution in [0.25, 0.3) is 0 Å². The minimum Gasteiger partial charge on any atom is -0.377 e. The van der Waals surface area contributed by atoms with Crippen LogP contribution in [-0.4, -0.2) is 13.2 Å². The van der Waals surface area contributed by atoms with Crippen molar-refractivity contribution in [3.05, 3.63) is 23.8 Å². The maximum Gasteiger partial charge on any atom is 0.0789 e. The molecule has 1 rings (SSSR count). The second kappa shape index (κ2) is 7.11. The molecule has 0 saturated carbocycles. The molecule has 1 atom stereocenters. The van der Waals surface area contributed by atoms with Crippen molar-refractivity contribution in [1.82, 2.24) is 0 Å². The molecule has 0 aromatic rings. The number of allylic oxidation sites excluding steroid dienone is 2. The first-order valence-corrected chi connectivity index (χ1v) is 4.74. The van der Waals surface area contributed by atoms with Gasteiger partial charge in [0.2, 0.25) is 0 Å². The van der Waals surface area contributed by atoms with Crippen molar-refractivity contribution in [2.75, 3.05) is 7.11 Å². The topological polar surface area (TPSA) is 9.23 Å². The lowest BCUT2D eigenvalue weighted by Crippen LogP contribution is -2.07. The average Bonchev–Trinajstić information content (AvgIpc) is 2.21. The highest BCUT2D eigenvalue weighted by molar-refractivity contribution is 5.25. The van der Waals surface area contributed by atoms with E-state index in [0.717, 1.165) is 0 Å². The Kier molecular flexibility index (Phi) is 6.78. The highest BCUT2D eigenvalue weighted by Crippen LogP contribution is 2.14. The van der Waals surface area contributed by atoms with E-state index >= 15 is 0 Å². The number of hydrogen-bond acceptors (Lipinski definition) is 1. The average molecular weight is 168 g/mol. The van der Waals surface area contributed by atoms with E-state index in [9.17, 15) is 0 Å². The van der Waals surface area contributed by atoms with Gasteiger partial charge >= 0.3 is 0 Å². The van der Waals surface area contributed by atoms with Crippen LogP contribution in [0.4, 0.5) is 0 Å². The van der Waals surface area contributed by atoms with Gasteiger partial charge in [-0.25, -0.2) is 0 Å². The Bertz CT molecular complexity index is 156. The van der Waals surface area contributed by atoms with Crippen LogP contribution in [0, 0.1) is 0 Å². The molecule has 1 aliphatic carbocycles. The summed E-state index contributed by atoms with van der Waals surface area (Å²) >= 11 is 0. The molecule has 1 nitrogen and oxygen atoms in total. The van der Waals surface area contributed by atoms with Crippen LogP contribution in [0.15, 0.2) is 23.8 Å². The molecule has 0 aromatic carbocycles. The Labute approximate surface area is 76.1 Å². The summed E-state index contributed by atoms with van der Waals surface area (Å²) in [4.78, 5) is 0. The van der Waals surface area contributed by atoms with Gasteiger partial charge in [-0.2, -0.15) is 0 Å². The smallest absolute Gasteiger partial charge is 0.0789 e. The molecule has 0 amide bonds. The third kappa shape index (κ3) is 3.72. The van der Waals surface area contributed by atoms with E-state index in [2.05, 4.69) is 25.2 Å². The van der Waals surface area contributed by atoms with Gasteiger partial charge < -0.3 is 4.74 Å². The number of rotatable bonds is 2. The van der Waals surface area contributed by atoms with E-state index in [-0.39, 0.29) is 6.10 Å². The fourth-order valence-corrected chi connectivity index (χ4v) is 1.07. The van der Waals surface area contributed by atoms with Crippen molar-refractivity contribution in [3.8, 4) is 0 Å². The van der Waals surface area contributed by atoms with E-state index in [1.165, 1.54) is 18.4 Å². The third-order valence-corrected chi connectivity index (χ3v) is 1.85. The van der Waals surface area contributed by atoms with Crippen molar-refractivity contribution in [2.24, 2.45) is 0 Å². The first kappa shape index (κ1) is 11.4. The molecule has 1 unspecified atom stereocenters. The molecule has 0 bridgehead atoms. The highest BCUT2D eigenvalue weighted by Gasteiger charge is 2.04. The van der Waals surface area contributed by atoms with E-state index in [4.69, 9.17) is 4.74 Å². The zero-order valence-corrected chi connectivity index (χ0v) is 8.63. The minimum absolute atomic E-state index is 0.261. The van der Waals surface area contributed by atoms with Crippen molar-refractivity contribution < 1.29 is 4.74 Å². The minimum atomic E-state index is 0.261. The molecule has 1 heteroatoms. The second-order valence-electron chi connectivity index (χ2n) is 2.56. The third-order valence-electron chi connectivity index (χ3n) is 1.85. The first-order valence-electron chi connectivity index (χ1n) is 4.74. The van der Waals surface area contributed by atoms with Crippen LogP contribution < -0.4 is 0 Å². The lowest BCUT2D eigenvalue weighted by molar-refractivity contribution is 0.149. The molecule has 0 radical (unpaired) electrons. The summed E-state index contributed by atoms with van der Waals surface area (Å²) in [5.41, 5.74) is 1.31. The van der Waals surface area contributed by atoms with Crippen LogP contribution in [0.5, 0.6) is 0 Å². The predicted molar refractivity (Wildman–Crippen MR) is 54.3 cm³/mol. The lowest BCUT2D eigenvalue weighted by Gasteiger charge is -2.12. The molecule has 1 aliphatic rings. The predicted octanol–water partition coefficient (Wildman–Crippen LogP) is 3.32. The molecule has 0 aliphatic heterocycles. The number of ether oxygens (including phenoxy) is 1. The largest absolute Gasteiger partial charge is 0.377 e. The van der Waals surface area contributed by atoms with Crippen molar-refractivity contribution >= 4 is 0 Å². The normalized spacial score (nSPS) is 17.5. The molecule has 12 heavy (non-hydrogen) atoms. The van der Waals surface area contributed by atoms with Crippen LogP contribution in [0.1, 0.15) is 33.6 Å². The SMILES string of the molecule is CC.COC(C)C1=CCCC=C1. The van der Waals surface area contributed by atoms with E-state index < -0.39 is 0 Å². The fraction of sp³-hybridized carbons (Fsp3) is 0.636. The molecule has 0 spiro atoms. The maximum atomic E-state index is 5.17. The van der Waals surface area contributed by atoms with Gasteiger partial charge in [0, 0.05) is 7.11 Å². The summed E-state index contributed by atoms with van der Waals surface area (Å²) in [6.07, 6.45) is 9.20.